The van der Waals surface area contributed by atoms with Crippen molar-refractivity contribution in [3.05, 3.63) is 54.1 Å². The van der Waals surface area contributed by atoms with Gasteiger partial charge in [0.25, 0.3) is 10.1 Å². The molecule has 1 aliphatic rings. The van der Waals surface area contributed by atoms with Gasteiger partial charge in [0.05, 0.1) is 32.3 Å². The van der Waals surface area contributed by atoms with Gasteiger partial charge in [0.2, 0.25) is 5.79 Å². The molecule has 2 atom stereocenters. The van der Waals surface area contributed by atoms with Gasteiger partial charge >= 0.3 is 0 Å². The molecule has 0 unspecified atom stereocenters. The highest BCUT2D eigenvalue weighted by Gasteiger charge is 2.45. The third-order valence-electron chi connectivity index (χ3n) is 3.62. The first-order valence-corrected chi connectivity index (χ1v) is 9.16. The number of hydrogen-bond acceptors (Lipinski definition) is 6. The molecule has 25 heavy (non-hydrogen) atoms. The van der Waals surface area contributed by atoms with Crippen LogP contribution in [-0.2, 0) is 36.1 Å². The molecule has 1 saturated heterocycles. The second kappa shape index (κ2) is 6.79. The average molecular weight is 374 g/mol. The van der Waals surface area contributed by atoms with Crippen molar-refractivity contribution >= 4 is 10.1 Å². The lowest BCUT2D eigenvalue weighted by atomic mass is 10.0. The zero-order chi connectivity index (χ0) is 18.1. The minimum atomic E-state index is -3.65. The summed E-state index contributed by atoms with van der Waals surface area (Å²) in [6.45, 7) is -0.237. The van der Waals surface area contributed by atoms with Gasteiger partial charge in [-0.15, -0.1) is 0 Å². The number of benzene rings is 1. The number of halogens is 2. The molecule has 0 bridgehead atoms. The van der Waals surface area contributed by atoms with Gasteiger partial charge in [0.1, 0.15) is 17.7 Å². The summed E-state index contributed by atoms with van der Waals surface area (Å²) in [7, 11) is -3.65. The first kappa shape index (κ1) is 17.9. The second-order valence-corrected chi connectivity index (χ2v) is 7.30. The van der Waals surface area contributed by atoms with Crippen LogP contribution in [0.1, 0.15) is 5.56 Å². The van der Waals surface area contributed by atoms with E-state index >= 15 is 0 Å². The molecule has 136 valence electrons. The second-order valence-electron chi connectivity index (χ2n) is 5.65. The van der Waals surface area contributed by atoms with E-state index in [9.17, 15) is 17.2 Å². The van der Waals surface area contributed by atoms with Gasteiger partial charge in [-0.05, 0) is 12.1 Å². The Kier molecular flexibility index (Phi) is 4.87. The van der Waals surface area contributed by atoms with Crippen molar-refractivity contribution in [2.75, 3.05) is 19.5 Å². The molecule has 3 rings (SSSR count). The lowest BCUT2D eigenvalue weighted by molar-refractivity contribution is -0.191. The lowest BCUT2D eigenvalue weighted by Gasteiger charge is -2.29. The van der Waals surface area contributed by atoms with E-state index in [0.717, 1.165) is 18.4 Å². The number of aromatic nitrogens is 2. The van der Waals surface area contributed by atoms with E-state index in [0.29, 0.717) is 0 Å². The highest BCUT2D eigenvalue weighted by Crippen LogP contribution is 2.37. The third-order valence-corrected chi connectivity index (χ3v) is 4.18. The predicted octanol–water partition coefficient (Wildman–Crippen LogP) is 1.41. The molecule has 0 spiro atoms. The Bertz CT molecular complexity index is 844. The molecule has 1 aromatic heterocycles. The van der Waals surface area contributed by atoms with Crippen molar-refractivity contribution in [3.63, 3.8) is 0 Å². The lowest BCUT2D eigenvalue weighted by Crippen LogP contribution is -2.35. The molecular formula is C15H16F2N2O5S. The maximum atomic E-state index is 14.3. The minimum absolute atomic E-state index is 0.00413. The fraction of sp³-hybridized carbons (Fsp3) is 0.400. The van der Waals surface area contributed by atoms with E-state index in [1.165, 1.54) is 18.6 Å². The van der Waals surface area contributed by atoms with E-state index in [-0.39, 0.29) is 25.3 Å². The molecule has 1 aliphatic heterocycles. The molecule has 0 radical (unpaired) electrons. The van der Waals surface area contributed by atoms with Crippen molar-refractivity contribution in [3.8, 4) is 0 Å². The van der Waals surface area contributed by atoms with Gasteiger partial charge in [0.15, 0.2) is 0 Å². The predicted molar refractivity (Wildman–Crippen MR) is 81.9 cm³/mol. The summed E-state index contributed by atoms with van der Waals surface area (Å²) < 4.78 is 67.7. The van der Waals surface area contributed by atoms with Crippen molar-refractivity contribution in [2.45, 2.75) is 18.4 Å². The number of nitrogens with zero attached hydrogens (tertiary/aromatic N) is 2. The number of imidazole rings is 1. The van der Waals surface area contributed by atoms with Gasteiger partial charge < -0.3 is 14.0 Å². The molecule has 10 heteroatoms. The van der Waals surface area contributed by atoms with E-state index in [1.54, 1.807) is 10.8 Å². The summed E-state index contributed by atoms with van der Waals surface area (Å²) in [5, 5.41) is 0. The molecule has 0 N–H and O–H groups in total. The topological polar surface area (TPSA) is 79.7 Å². The monoisotopic (exact) mass is 374 g/mol. The fourth-order valence-electron chi connectivity index (χ4n) is 2.57. The molecule has 1 aromatic carbocycles. The maximum absolute atomic E-state index is 14.3. The van der Waals surface area contributed by atoms with Crippen LogP contribution in [0, 0.1) is 11.6 Å². The van der Waals surface area contributed by atoms with Gasteiger partial charge in [-0.3, -0.25) is 4.18 Å². The first-order valence-electron chi connectivity index (χ1n) is 7.35. The van der Waals surface area contributed by atoms with Crippen LogP contribution in [0.2, 0.25) is 0 Å². The highest BCUT2D eigenvalue weighted by molar-refractivity contribution is 7.85. The highest BCUT2D eigenvalue weighted by atomic mass is 32.2. The Hall–Kier alpha value is -1.88. The van der Waals surface area contributed by atoms with E-state index in [1.807, 2.05) is 0 Å². The minimum Gasteiger partial charge on any atom is -0.342 e. The SMILES string of the molecule is CS(=O)(=O)OC[C@@H]1CO[C@@](Cn2ccnc2)(c2ccc(F)cc2F)O1. The number of hydrogen-bond donors (Lipinski definition) is 0. The Morgan fingerprint density at radius 1 is 1.44 bits per heavy atom. The molecule has 0 amide bonds. The molecule has 1 fully saturated rings. The Morgan fingerprint density at radius 2 is 2.24 bits per heavy atom. The summed E-state index contributed by atoms with van der Waals surface area (Å²) in [6.07, 6.45) is 4.85. The van der Waals surface area contributed by atoms with Crippen molar-refractivity contribution in [2.24, 2.45) is 0 Å². The largest absolute Gasteiger partial charge is 0.342 e. The fourth-order valence-corrected chi connectivity index (χ4v) is 2.97. The summed E-state index contributed by atoms with van der Waals surface area (Å²) in [6, 6.07) is 3.07. The quantitative estimate of drug-likeness (QED) is 0.712. The average Bonchev–Trinajstić information content (AvgIpc) is 3.15. The molecule has 2 heterocycles. The molecule has 0 saturated carbocycles. The van der Waals surface area contributed by atoms with Crippen LogP contribution >= 0.6 is 0 Å². The van der Waals surface area contributed by atoms with E-state index in [4.69, 9.17) is 13.7 Å². The summed E-state index contributed by atoms with van der Waals surface area (Å²) in [4.78, 5) is 3.91. The summed E-state index contributed by atoms with van der Waals surface area (Å²) >= 11 is 0. The molecule has 2 aromatic rings. The van der Waals surface area contributed by atoms with Crippen LogP contribution in [0.3, 0.4) is 0 Å². The zero-order valence-electron chi connectivity index (χ0n) is 13.3. The van der Waals surface area contributed by atoms with Crippen molar-refractivity contribution in [1.29, 1.82) is 0 Å². The van der Waals surface area contributed by atoms with Crippen LogP contribution in [-0.4, -0.2) is 43.5 Å². The van der Waals surface area contributed by atoms with Crippen molar-refractivity contribution < 1.29 is 30.9 Å². The maximum Gasteiger partial charge on any atom is 0.264 e. The standard InChI is InChI=1S/C15H16F2N2O5S/c1-25(20,21)23-8-12-7-22-15(24-12,9-19-5-4-18-10-19)13-3-2-11(16)6-14(13)17/h2-6,10,12H,7-9H2,1H3/t12-,15+/m0/s1. The first-order chi connectivity index (χ1) is 11.8. The van der Waals surface area contributed by atoms with E-state index < -0.39 is 33.6 Å². The van der Waals surface area contributed by atoms with Gasteiger partial charge in [0, 0.05) is 24.0 Å². The number of ether oxygens (including phenoxy) is 2. The third kappa shape index (κ3) is 4.21. The van der Waals surface area contributed by atoms with Crippen LogP contribution in [0.15, 0.2) is 36.9 Å². The van der Waals surface area contributed by atoms with Crippen LogP contribution in [0.25, 0.3) is 0 Å². The molecule has 0 aliphatic carbocycles. The Morgan fingerprint density at radius 3 is 2.88 bits per heavy atom. The Labute approximate surface area is 143 Å². The normalized spacial score (nSPS) is 23.9. The van der Waals surface area contributed by atoms with Crippen LogP contribution in [0.4, 0.5) is 8.78 Å². The van der Waals surface area contributed by atoms with Gasteiger partial charge in [-0.2, -0.15) is 8.42 Å². The van der Waals surface area contributed by atoms with Crippen LogP contribution in [0.5, 0.6) is 0 Å². The van der Waals surface area contributed by atoms with Crippen molar-refractivity contribution in [1.82, 2.24) is 9.55 Å². The number of rotatable bonds is 6. The summed E-state index contributed by atoms with van der Waals surface area (Å²) in [5.41, 5.74) is 0.00413. The van der Waals surface area contributed by atoms with Gasteiger partial charge in [-0.1, -0.05) is 0 Å². The molecular weight excluding hydrogens is 358 g/mol. The van der Waals surface area contributed by atoms with Gasteiger partial charge in [-0.25, -0.2) is 13.8 Å². The van der Waals surface area contributed by atoms with E-state index in [2.05, 4.69) is 4.98 Å². The Balaban J connectivity index is 1.88. The smallest absolute Gasteiger partial charge is 0.264 e. The summed E-state index contributed by atoms with van der Waals surface area (Å²) in [5.74, 6) is -3.11. The van der Waals surface area contributed by atoms with Crippen LogP contribution < -0.4 is 0 Å². The molecule has 7 nitrogen and oxygen atoms in total. The zero-order valence-corrected chi connectivity index (χ0v) is 14.1.